The van der Waals surface area contributed by atoms with Gasteiger partial charge in [0.1, 0.15) is 12.4 Å². The van der Waals surface area contributed by atoms with Crippen LogP contribution in [-0.4, -0.2) is 37.6 Å². The third-order valence-corrected chi connectivity index (χ3v) is 3.53. The molecule has 0 radical (unpaired) electrons. The highest BCUT2D eigenvalue weighted by molar-refractivity contribution is 6.30. The van der Waals surface area contributed by atoms with Crippen molar-refractivity contribution in [3.8, 4) is 5.75 Å². The number of benzene rings is 2. The second kappa shape index (κ2) is 8.73. The lowest BCUT2D eigenvalue weighted by Crippen LogP contribution is -2.33. The van der Waals surface area contributed by atoms with Crippen molar-refractivity contribution in [2.24, 2.45) is 0 Å². The standard InChI is InChI=1S/C17H16ClF3N2O2/c1-23(8-9-25-12-4-2-11(18)3-5-12)10-15(24)22-14-7-6-13(19)16(20)17(14)21/h2-7H,8-10H2,1H3,(H,22,24). The highest BCUT2D eigenvalue weighted by atomic mass is 35.5. The van der Waals surface area contributed by atoms with Crippen molar-refractivity contribution in [1.82, 2.24) is 4.90 Å². The van der Waals surface area contributed by atoms with Gasteiger partial charge in [-0.2, -0.15) is 0 Å². The van der Waals surface area contributed by atoms with E-state index in [0.717, 1.165) is 12.1 Å². The zero-order valence-electron chi connectivity index (χ0n) is 13.4. The summed E-state index contributed by atoms with van der Waals surface area (Å²) in [4.78, 5) is 13.5. The topological polar surface area (TPSA) is 41.6 Å². The van der Waals surface area contributed by atoms with E-state index < -0.39 is 29.0 Å². The Kier molecular flexibility index (Phi) is 6.66. The van der Waals surface area contributed by atoms with E-state index in [-0.39, 0.29) is 6.54 Å². The number of anilines is 1. The maximum atomic E-state index is 13.5. The summed E-state index contributed by atoms with van der Waals surface area (Å²) >= 11 is 5.77. The molecule has 0 aliphatic heterocycles. The largest absolute Gasteiger partial charge is 0.492 e. The van der Waals surface area contributed by atoms with Gasteiger partial charge in [0.25, 0.3) is 0 Å². The number of nitrogens with one attached hydrogen (secondary N) is 1. The zero-order valence-corrected chi connectivity index (χ0v) is 14.1. The van der Waals surface area contributed by atoms with Crippen LogP contribution in [0.15, 0.2) is 36.4 Å². The van der Waals surface area contributed by atoms with Crippen LogP contribution in [0.4, 0.5) is 18.9 Å². The fourth-order valence-corrected chi connectivity index (χ4v) is 2.11. The van der Waals surface area contributed by atoms with E-state index in [4.69, 9.17) is 16.3 Å². The molecule has 25 heavy (non-hydrogen) atoms. The van der Waals surface area contributed by atoms with Crippen molar-refractivity contribution >= 4 is 23.2 Å². The highest BCUT2D eigenvalue weighted by Gasteiger charge is 2.15. The fourth-order valence-electron chi connectivity index (χ4n) is 1.99. The monoisotopic (exact) mass is 372 g/mol. The lowest BCUT2D eigenvalue weighted by molar-refractivity contribution is -0.117. The first kappa shape index (κ1) is 19.1. The molecule has 0 atom stereocenters. The smallest absolute Gasteiger partial charge is 0.238 e. The molecular formula is C17H16ClF3N2O2. The first-order valence-electron chi connectivity index (χ1n) is 7.37. The van der Waals surface area contributed by atoms with Gasteiger partial charge in [0.05, 0.1) is 12.2 Å². The molecule has 0 unspecified atom stereocenters. The maximum absolute atomic E-state index is 13.5. The van der Waals surface area contributed by atoms with Crippen molar-refractivity contribution in [3.63, 3.8) is 0 Å². The Morgan fingerprint density at radius 2 is 1.80 bits per heavy atom. The Bertz CT molecular complexity index is 741. The van der Waals surface area contributed by atoms with Gasteiger partial charge < -0.3 is 10.1 Å². The second-order valence-electron chi connectivity index (χ2n) is 5.31. The van der Waals surface area contributed by atoms with Gasteiger partial charge in [-0.05, 0) is 43.4 Å². The van der Waals surface area contributed by atoms with Crippen molar-refractivity contribution in [1.29, 1.82) is 0 Å². The summed E-state index contributed by atoms with van der Waals surface area (Å²) in [6.07, 6.45) is 0. The molecule has 1 N–H and O–H groups in total. The fraction of sp³-hybridized carbons (Fsp3) is 0.235. The number of carbonyl (C=O) groups is 1. The van der Waals surface area contributed by atoms with Crippen LogP contribution >= 0.6 is 11.6 Å². The Labute approximate surface area is 148 Å². The molecule has 0 heterocycles. The maximum Gasteiger partial charge on any atom is 0.238 e. The van der Waals surface area contributed by atoms with Crippen LogP contribution in [0.25, 0.3) is 0 Å². The van der Waals surface area contributed by atoms with Crippen molar-refractivity contribution in [2.45, 2.75) is 0 Å². The van der Waals surface area contributed by atoms with Crippen LogP contribution in [0.2, 0.25) is 5.02 Å². The number of likely N-dealkylation sites (N-methyl/N-ethyl adjacent to an activating group) is 1. The summed E-state index contributed by atoms with van der Waals surface area (Å²) in [5, 5.41) is 2.81. The minimum atomic E-state index is -1.62. The average molecular weight is 373 g/mol. The molecule has 4 nitrogen and oxygen atoms in total. The van der Waals surface area contributed by atoms with E-state index in [1.165, 1.54) is 0 Å². The van der Waals surface area contributed by atoms with E-state index in [0.29, 0.717) is 23.9 Å². The zero-order chi connectivity index (χ0) is 18.4. The molecule has 0 saturated carbocycles. The van der Waals surface area contributed by atoms with Crippen LogP contribution < -0.4 is 10.1 Å². The number of ether oxygens (including phenoxy) is 1. The third-order valence-electron chi connectivity index (χ3n) is 3.28. The molecule has 2 rings (SSSR count). The minimum absolute atomic E-state index is 0.0671. The molecular weight excluding hydrogens is 357 g/mol. The Balaban J connectivity index is 1.78. The van der Waals surface area contributed by atoms with Gasteiger partial charge in [0.2, 0.25) is 5.91 Å². The van der Waals surface area contributed by atoms with E-state index in [1.54, 1.807) is 36.2 Å². The molecule has 0 saturated heterocycles. The van der Waals surface area contributed by atoms with E-state index >= 15 is 0 Å². The number of halogens is 4. The highest BCUT2D eigenvalue weighted by Crippen LogP contribution is 2.19. The summed E-state index contributed by atoms with van der Waals surface area (Å²) in [6.45, 7) is 0.684. The predicted octanol–water partition coefficient (Wildman–Crippen LogP) is 3.71. The second-order valence-corrected chi connectivity index (χ2v) is 5.75. The van der Waals surface area contributed by atoms with Crippen LogP contribution in [0.3, 0.4) is 0 Å². The van der Waals surface area contributed by atoms with Gasteiger partial charge in [-0.25, -0.2) is 13.2 Å². The number of hydrogen-bond donors (Lipinski definition) is 1. The number of nitrogens with zero attached hydrogens (tertiary/aromatic N) is 1. The van der Waals surface area contributed by atoms with Gasteiger partial charge in [0, 0.05) is 11.6 Å². The molecule has 0 spiro atoms. The minimum Gasteiger partial charge on any atom is -0.492 e. The lowest BCUT2D eigenvalue weighted by atomic mass is 10.2. The van der Waals surface area contributed by atoms with Crippen molar-refractivity contribution in [2.75, 3.05) is 32.1 Å². The van der Waals surface area contributed by atoms with Crippen molar-refractivity contribution < 1.29 is 22.7 Å². The number of rotatable bonds is 7. The van der Waals surface area contributed by atoms with E-state index in [9.17, 15) is 18.0 Å². The molecule has 0 aliphatic rings. The molecule has 134 valence electrons. The number of carbonyl (C=O) groups excluding carboxylic acids is 1. The molecule has 8 heteroatoms. The first-order valence-corrected chi connectivity index (χ1v) is 7.75. The molecule has 0 bridgehead atoms. The molecule has 0 aromatic heterocycles. The van der Waals surface area contributed by atoms with E-state index in [2.05, 4.69) is 5.32 Å². The van der Waals surface area contributed by atoms with Gasteiger partial charge in [0.15, 0.2) is 17.5 Å². The van der Waals surface area contributed by atoms with Gasteiger partial charge in [-0.3, -0.25) is 9.69 Å². The Morgan fingerprint density at radius 3 is 2.48 bits per heavy atom. The van der Waals surface area contributed by atoms with Gasteiger partial charge >= 0.3 is 0 Å². The molecule has 0 fully saturated rings. The lowest BCUT2D eigenvalue weighted by Gasteiger charge is -2.17. The summed E-state index contributed by atoms with van der Waals surface area (Å²) < 4.78 is 45.0. The summed E-state index contributed by atoms with van der Waals surface area (Å²) in [7, 11) is 1.67. The van der Waals surface area contributed by atoms with Gasteiger partial charge in [-0.1, -0.05) is 11.6 Å². The predicted molar refractivity (Wildman–Crippen MR) is 89.4 cm³/mol. The quantitative estimate of drug-likeness (QED) is 0.753. The van der Waals surface area contributed by atoms with Crippen molar-refractivity contribution in [3.05, 3.63) is 58.9 Å². The van der Waals surface area contributed by atoms with Crippen LogP contribution in [0.1, 0.15) is 0 Å². The Hall–Kier alpha value is -2.25. The SMILES string of the molecule is CN(CCOc1ccc(Cl)cc1)CC(=O)Nc1ccc(F)c(F)c1F. The molecule has 1 amide bonds. The summed E-state index contributed by atoms with van der Waals surface area (Å²) in [6, 6.07) is 8.56. The molecule has 2 aromatic carbocycles. The van der Waals surface area contributed by atoms with Gasteiger partial charge in [-0.15, -0.1) is 0 Å². The number of amides is 1. The number of hydrogen-bond acceptors (Lipinski definition) is 3. The van der Waals surface area contributed by atoms with Crippen LogP contribution in [-0.2, 0) is 4.79 Å². The summed E-state index contributed by atoms with van der Waals surface area (Å²) in [5.74, 6) is -4.28. The van der Waals surface area contributed by atoms with Crippen LogP contribution in [0.5, 0.6) is 5.75 Å². The van der Waals surface area contributed by atoms with E-state index in [1.807, 2.05) is 0 Å². The first-order chi connectivity index (χ1) is 11.9. The molecule has 2 aromatic rings. The average Bonchev–Trinajstić information content (AvgIpc) is 2.57. The molecule has 0 aliphatic carbocycles. The Morgan fingerprint density at radius 1 is 1.12 bits per heavy atom. The third kappa shape index (κ3) is 5.65. The summed E-state index contributed by atoms with van der Waals surface area (Å²) in [5.41, 5.74) is -0.408. The van der Waals surface area contributed by atoms with Crippen LogP contribution in [0, 0.1) is 17.5 Å². The normalized spacial score (nSPS) is 10.8.